The fourth-order valence-corrected chi connectivity index (χ4v) is 4.00. The average molecular weight is 523 g/mol. The van der Waals surface area contributed by atoms with Gasteiger partial charge in [0.05, 0.1) is 11.2 Å². The highest BCUT2D eigenvalue weighted by molar-refractivity contribution is 6.31. The quantitative estimate of drug-likeness (QED) is 0.217. The molecule has 0 aliphatic rings. The molecule has 0 bridgehead atoms. The average Bonchev–Trinajstić information content (AvgIpc) is 2.90. The molecular weight excluding hydrogens is 502 g/mol. The largest absolute Gasteiger partial charge is 0.488 e. The molecule has 2 N–H and O–H groups in total. The minimum atomic E-state index is -1.98. The molecule has 0 aliphatic carbocycles. The van der Waals surface area contributed by atoms with Crippen LogP contribution in [0.5, 0.6) is 5.75 Å². The Morgan fingerprint density at radius 2 is 1.58 bits per heavy atom. The second-order valence-corrected chi connectivity index (χ2v) is 8.66. The van der Waals surface area contributed by atoms with Crippen molar-refractivity contribution < 1.29 is 19.0 Å². The summed E-state index contributed by atoms with van der Waals surface area (Å²) in [5.41, 5.74) is 1.84. The van der Waals surface area contributed by atoms with E-state index in [1.807, 2.05) is 0 Å². The van der Waals surface area contributed by atoms with Crippen LogP contribution in [-0.2, 0) is 17.0 Å². The van der Waals surface area contributed by atoms with Crippen molar-refractivity contribution in [2.24, 2.45) is 5.10 Å². The molecule has 8 heteroatoms. The van der Waals surface area contributed by atoms with Gasteiger partial charge in [-0.2, -0.15) is 5.10 Å². The lowest BCUT2D eigenvalue weighted by Crippen LogP contribution is -2.43. The van der Waals surface area contributed by atoms with E-state index < -0.39 is 17.3 Å². The van der Waals surface area contributed by atoms with Gasteiger partial charge < -0.3 is 9.84 Å². The summed E-state index contributed by atoms with van der Waals surface area (Å²) in [6.07, 6.45) is 1.33. The highest BCUT2D eigenvalue weighted by Gasteiger charge is 2.39. The van der Waals surface area contributed by atoms with Crippen LogP contribution in [0.2, 0.25) is 10.0 Å². The lowest BCUT2D eigenvalue weighted by molar-refractivity contribution is -0.136. The number of carbonyl (C=O) groups is 1. The summed E-state index contributed by atoms with van der Waals surface area (Å²) < 4.78 is 19.9. The minimum absolute atomic E-state index is 0.123. The fraction of sp³-hybridized carbons (Fsp3) is 0.0714. The number of hydrogen-bond donors (Lipinski definition) is 2. The first-order valence-electron chi connectivity index (χ1n) is 10.9. The van der Waals surface area contributed by atoms with Crippen LogP contribution in [0.1, 0.15) is 22.3 Å². The van der Waals surface area contributed by atoms with E-state index in [0.29, 0.717) is 27.5 Å². The Balaban J connectivity index is 1.56. The van der Waals surface area contributed by atoms with Gasteiger partial charge in [-0.3, -0.25) is 4.79 Å². The highest BCUT2D eigenvalue weighted by atomic mass is 35.5. The van der Waals surface area contributed by atoms with Crippen LogP contribution >= 0.6 is 23.2 Å². The van der Waals surface area contributed by atoms with E-state index in [1.165, 1.54) is 18.3 Å². The Hall–Kier alpha value is -3.71. The monoisotopic (exact) mass is 522 g/mol. The topological polar surface area (TPSA) is 70.9 Å². The molecular formula is C28H21Cl2FN2O3. The maximum absolute atomic E-state index is 14.1. The van der Waals surface area contributed by atoms with E-state index in [-0.39, 0.29) is 17.2 Å². The number of halogens is 3. The molecule has 0 saturated carbocycles. The second-order valence-electron chi connectivity index (χ2n) is 7.81. The van der Waals surface area contributed by atoms with Gasteiger partial charge in [0.25, 0.3) is 5.91 Å². The van der Waals surface area contributed by atoms with Gasteiger partial charge in [0.2, 0.25) is 0 Å². The van der Waals surface area contributed by atoms with Gasteiger partial charge in [-0.25, -0.2) is 9.82 Å². The molecule has 0 unspecified atom stereocenters. The summed E-state index contributed by atoms with van der Waals surface area (Å²) in [6, 6.07) is 26.3. The molecule has 4 aromatic rings. The van der Waals surface area contributed by atoms with E-state index in [1.54, 1.807) is 84.9 Å². The van der Waals surface area contributed by atoms with E-state index >= 15 is 0 Å². The second kappa shape index (κ2) is 11.4. The molecule has 0 heterocycles. The lowest BCUT2D eigenvalue weighted by Gasteiger charge is -2.27. The molecule has 1 amide bonds. The molecule has 0 aliphatic heterocycles. The molecule has 0 aromatic heterocycles. The van der Waals surface area contributed by atoms with E-state index in [9.17, 15) is 14.3 Å². The van der Waals surface area contributed by atoms with Crippen LogP contribution in [0.15, 0.2) is 102 Å². The Morgan fingerprint density at radius 3 is 2.19 bits per heavy atom. The molecule has 0 atom stereocenters. The zero-order chi connectivity index (χ0) is 25.5. The van der Waals surface area contributed by atoms with Crippen LogP contribution in [0.25, 0.3) is 0 Å². The van der Waals surface area contributed by atoms with Crippen molar-refractivity contribution in [3.05, 3.63) is 135 Å². The number of carbonyl (C=O) groups excluding carboxylic acids is 1. The first-order valence-corrected chi connectivity index (χ1v) is 11.7. The third kappa shape index (κ3) is 5.57. The SMILES string of the molecule is O=C(NN=Cc1cc(Cl)ccc1OCc1c(F)cccc1Cl)C(O)(c1ccccc1)c1ccccc1. The summed E-state index contributed by atoms with van der Waals surface area (Å²) >= 11 is 12.2. The smallest absolute Gasteiger partial charge is 0.281 e. The first-order chi connectivity index (χ1) is 17.4. The zero-order valence-corrected chi connectivity index (χ0v) is 20.4. The van der Waals surface area contributed by atoms with Crippen molar-refractivity contribution >= 4 is 35.3 Å². The maximum atomic E-state index is 14.1. The van der Waals surface area contributed by atoms with Gasteiger partial charge in [0, 0.05) is 16.1 Å². The number of nitrogens with one attached hydrogen (secondary N) is 1. The normalized spacial score (nSPS) is 11.4. The summed E-state index contributed by atoms with van der Waals surface area (Å²) in [4.78, 5) is 13.2. The van der Waals surface area contributed by atoms with Crippen molar-refractivity contribution in [2.45, 2.75) is 12.2 Å². The summed E-state index contributed by atoms with van der Waals surface area (Å²) in [5, 5.41) is 16.2. The molecule has 0 spiro atoms. The Kier molecular flexibility index (Phi) is 8.00. The summed E-state index contributed by atoms with van der Waals surface area (Å²) in [7, 11) is 0. The third-order valence-electron chi connectivity index (χ3n) is 5.49. The number of nitrogens with zero attached hydrogens (tertiary/aromatic N) is 1. The van der Waals surface area contributed by atoms with Crippen LogP contribution in [0, 0.1) is 5.82 Å². The van der Waals surface area contributed by atoms with Crippen molar-refractivity contribution in [3.63, 3.8) is 0 Å². The van der Waals surface area contributed by atoms with Gasteiger partial charge in [0.15, 0.2) is 5.60 Å². The van der Waals surface area contributed by atoms with Crippen molar-refractivity contribution in [2.75, 3.05) is 0 Å². The van der Waals surface area contributed by atoms with Crippen molar-refractivity contribution in [3.8, 4) is 5.75 Å². The highest BCUT2D eigenvalue weighted by Crippen LogP contribution is 2.30. The van der Waals surface area contributed by atoms with Gasteiger partial charge >= 0.3 is 0 Å². The molecule has 0 saturated heterocycles. The Bertz CT molecular complexity index is 1320. The zero-order valence-electron chi connectivity index (χ0n) is 18.9. The van der Waals surface area contributed by atoms with Gasteiger partial charge in [0.1, 0.15) is 18.2 Å². The molecule has 5 nitrogen and oxygen atoms in total. The number of aliphatic hydroxyl groups is 1. The Morgan fingerprint density at radius 1 is 0.944 bits per heavy atom. The Labute approximate surface area is 217 Å². The molecule has 4 aromatic carbocycles. The predicted octanol–water partition coefficient (Wildman–Crippen LogP) is 6.10. The first kappa shape index (κ1) is 25.4. The van der Waals surface area contributed by atoms with Crippen LogP contribution in [0.4, 0.5) is 4.39 Å². The lowest BCUT2D eigenvalue weighted by atomic mass is 9.85. The van der Waals surface area contributed by atoms with Crippen LogP contribution < -0.4 is 10.2 Å². The van der Waals surface area contributed by atoms with E-state index in [0.717, 1.165) is 0 Å². The molecule has 4 rings (SSSR count). The number of hydrogen-bond acceptors (Lipinski definition) is 4. The third-order valence-corrected chi connectivity index (χ3v) is 6.08. The molecule has 36 heavy (non-hydrogen) atoms. The standard InChI is InChI=1S/C28H21Cl2FN2O3/c29-22-14-15-26(36-18-23-24(30)12-7-13-25(23)31)19(16-22)17-32-33-27(34)28(35,20-8-3-1-4-9-20)21-10-5-2-6-11-21/h1-17,35H,18H2,(H,33,34). The van der Waals surface area contributed by atoms with Crippen molar-refractivity contribution in [1.82, 2.24) is 5.43 Å². The van der Waals surface area contributed by atoms with Gasteiger partial charge in [-0.1, -0.05) is 89.9 Å². The number of hydrazone groups is 1. The van der Waals surface area contributed by atoms with E-state index in [4.69, 9.17) is 27.9 Å². The number of benzene rings is 4. The van der Waals surface area contributed by atoms with Crippen LogP contribution in [-0.4, -0.2) is 17.2 Å². The number of ether oxygens (including phenoxy) is 1. The molecule has 0 fully saturated rings. The summed E-state index contributed by atoms with van der Waals surface area (Å²) in [5.74, 6) is -0.892. The fourth-order valence-electron chi connectivity index (χ4n) is 3.60. The summed E-state index contributed by atoms with van der Waals surface area (Å²) in [6.45, 7) is -0.123. The van der Waals surface area contributed by atoms with Crippen LogP contribution in [0.3, 0.4) is 0 Å². The van der Waals surface area contributed by atoms with E-state index in [2.05, 4.69) is 10.5 Å². The van der Waals surface area contributed by atoms with Gasteiger partial charge in [-0.05, 0) is 41.5 Å². The minimum Gasteiger partial charge on any atom is -0.488 e. The van der Waals surface area contributed by atoms with Crippen molar-refractivity contribution in [1.29, 1.82) is 0 Å². The molecule has 0 radical (unpaired) electrons. The number of rotatable bonds is 8. The number of amides is 1. The molecule has 182 valence electrons. The maximum Gasteiger partial charge on any atom is 0.281 e. The predicted molar refractivity (Wildman–Crippen MR) is 139 cm³/mol. The van der Waals surface area contributed by atoms with Gasteiger partial charge in [-0.15, -0.1) is 0 Å².